The second-order valence-corrected chi connectivity index (χ2v) is 3.52. The lowest BCUT2D eigenvalue weighted by molar-refractivity contribution is 0.0517. The lowest BCUT2D eigenvalue weighted by atomic mass is 9.79. The van der Waals surface area contributed by atoms with Gasteiger partial charge >= 0.3 is 7.12 Å². The Balaban J connectivity index is 2.90. The molecule has 0 saturated heterocycles. The van der Waals surface area contributed by atoms with Crippen LogP contribution in [0.25, 0.3) is 0 Å². The molecule has 0 atom stereocenters. The molecule has 0 unspecified atom stereocenters. The maximum absolute atomic E-state index is 9.04. The molecule has 0 fully saturated rings. The van der Waals surface area contributed by atoms with E-state index in [1.54, 1.807) is 18.2 Å². The Hall–Kier alpha value is -0.555. The minimum absolute atomic E-state index is 0.0708. The second-order valence-electron chi connectivity index (χ2n) is 2.61. The van der Waals surface area contributed by atoms with Crippen molar-refractivity contribution >= 4 is 28.5 Å². The molecule has 0 amide bonds. The van der Waals surface area contributed by atoms with Crippen molar-refractivity contribution in [3.8, 4) is 5.75 Å². The Bertz CT molecular complexity index is 305. The van der Waals surface area contributed by atoms with Gasteiger partial charge in [-0.25, -0.2) is 0 Å². The number of hydrogen-bond acceptors (Lipinski definition) is 4. The van der Waals surface area contributed by atoms with E-state index in [0.717, 1.165) is 4.47 Å². The second kappa shape index (κ2) is 5.36. The van der Waals surface area contributed by atoms with Gasteiger partial charge in [0.15, 0.2) is 6.79 Å². The molecule has 0 saturated carbocycles. The number of hydrogen-bond donors (Lipinski definition) is 2. The zero-order valence-electron chi connectivity index (χ0n) is 7.61. The van der Waals surface area contributed by atoms with E-state index in [9.17, 15) is 0 Å². The van der Waals surface area contributed by atoms with Gasteiger partial charge in [-0.2, -0.15) is 0 Å². The van der Waals surface area contributed by atoms with Crippen LogP contribution in [0.2, 0.25) is 0 Å². The quantitative estimate of drug-likeness (QED) is 0.596. The van der Waals surface area contributed by atoms with Crippen molar-refractivity contribution in [2.45, 2.75) is 0 Å². The van der Waals surface area contributed by atoms with Crippen LogP contribution < -0.4 is 10.2 Å². The summed E-state index contributed by atoms with van der Waals surface area (Å²) in [6, 6.07) is 4.96. The third kappa shape index (κ3) is 2.99. The molecule has 0 aliphatic heterocycles. The van der Waals surface area contributed by atoms with E-state index in [-0.39, 0.29) is 6.79 Å². The molecule has 0 heterocycles. The molecule has 1 aromatic carbocycles. The lowest BCUT2D eigenvalue weighted by Gasteiger charge is -2.10. The molecule has 76 valence electrons. The summed E-state index contributed by atoms with van der Waals surface area (Å²) in [6.45, 7) is 0.0708. The molecular formula is C8H10BBrO4. The highest BCUT2D eigenvalue weighted by molar-refractivity contribution is 9.10. The summed E-state index contributed by atoms with van der Waals surface area (Å²) < 4.78 is 10.6. The zero-order chi connectivity index (χ0) is 10.6. The molecule has 0 aliphatic carbocycles. The monoisotopic (exact) mass is 260 g/mol. The van der Waals surface area contributed by atoms with Crippen LogP contribution in [0.4, 0.5) is 0 Å². The molecule has 0 aliphatic rings. The SMILES string of the molecule is COCOc1ccc(Br)cc1B(O)O. The molecule has 1 aromatic rings. The molecule has 1 rings (SSSR count). The predicted octanol–water partition coefficient (Wildman–Crippen LogP) is 0.112. The first-order valence-electron chi connectivity index (χ1n) is 3.92. The van der Waals surface area contributed by atoms with Gasteiger partial charge < -0.3 is 19.5 Å². The van der Waals surface area contributed by atoms with Crippen LogP contribution in [0.3, 0.4) is 0 Å². The van der Waals surface area contributed by atoms with E-state index < -0.39 is 7.12 Å². The number of ether oxygens (including phenoxy) is 2. The van der Waals surface area contributed by atoms with Gasteiger partial charge in [-0.1, -0.05) is 15.9 Å². The van der Waals surface area contributed by atoms with E-state index in [1.165, 1.54) is 7.11 Å². The van der Waals surface area contributed by atoms with Crippen molar-refractivity contribution < 1.29 is 19.5 Å². The third-order valence-corrected chi connectivity index (χ3v) is 2.08. The molecular weight excluding hydrogens is 251 g/mol. The minimum Gasteiger partial charge on any atom is -0.468 e. The van der Waals surface area contributed by atoms with Crippen molar-refractivity contribution in [1.82, 2.24) is 0 Å². The Morgan fingerprint density at radius 2 is 2.14 bits per heavy atom. The zero-order valence-corrected chi connectivity index (χ0v) is 9.19. The van der Waals surface area contributed by atoms with Crippen molar-refractivity contribution in [1.29, 1.82) is 0 Å². The molecule has 4 nitrogen and oxygen atoms in total. The first kappa shape index (κ1) is 11.5. The van der Waals surface area contributed by atoms with Crippen molar-refractivity contribution in [2.75, 3.05) is 13.9 Å². The van der Waals surface area contributed by atoms with E-state index in [0.29, 0.717) is 11.2 Å². The minimum atomic E-state index is -1.56. The third-order valence-electron chi connectivity index (χ3n) is 1.58. The highest BCUT2D eigenvalue weighted by atomic mass is 79.9. The summed E-state index contributed by atoms with van der Waals surface area (Å²) in [5.74, 6) is 0.394. The largest absolute Gasteiger partial charge is 0.492 e. The first-order valence-corrected chi connectivity index (χ1v) is 4.71. The van der Waals surface area contributed by atoms with Crippen molar-refractivity contribution in [3.05, 3.63) is 22.7 Å². The number of halogens is 1. The van der Waals surface area contributed by atoms with Crippen LogP contribution in [0.1, 0.15) is 0 Å². The van der Waals surface area contributed by atoms with E-state index in [2.05, 4.69) is 15.9 Å². The van der Waals surface area contributed by atoms with Crippen LogP contribution in [0.5, 0.6) is 5.75 Å². The molecule has 0 bridgehead atoms. The number of rotatable bonds is 4. The van der Waals surface area contributed by atoms with Crippen LogP contribution >= 0.6 is 15.9 Å². The Kier molecular flexibility index (Phi) is 4.41. The molecule has 2 N–H and O–H groups in total. The Labute approximate surface area is 90.7 Å². The fourth-order valence-electron chi connectivity index (χ4n) is 0.975. The fraction of sp³-hybridized carbons (Fsp3) is 0.250. The van der Waals surface area contributed by atoms with Gasteiger partial charge in [0, 0.05) is 17.0 Å². The molecule has 0 spiro atoms. The highest BCUT2D eigenvalue weighted by Crippen LogP contribution is 2.14. The van der Waals surface area contributed by atoms with Gasteiger partial charge in [0.1, 0.15) is 5.75 Å². The van der Waals surface area contributed by atoms with E-state index >= 15 is 0 Å². The van der Waals surface area contributed by atoms with Crippen LogP contribution in [-0.2, 0) is 4.74 Å². The van der Waals surface area contributed by atoms with E-state index in [1.807, 2.05) is 0 Å². The molecule has 0 aromatic heterocycles. The van der Waals surface area contributed by atoms with Gasteiger partial charge in [-0.05, 0) is 18.2 Å². The predicted molar refractivity (Wildman–Crippen MR) is 56.5 cm³/mol. The van der Waals surface area contributed by atoms with Gasteiger partial charge in [0.2, 0.25) is 0 Å². The van der Waals surface area contributed by atoms with Gasteiger partial charge in [0.05, 0.1) is 0 Å². The fourth-order valence-corrected chi connectivity index (χ4v) is 1.35. The average Bonchev–Trinajstić information content (AvgIpc) is 2.15. The van der Waals surface area contributed by atoms with Crippen LogP contribution in [0, 0.1) is 0 Å². The van der Waals surface area contributed by atoms with Gasteiger partial charge in [-0.15, -0.1) is 0 Å². The summed E-state index contributed by atoms with van der Waals surface area (Å²) >= 11 is 3.22. The summed E-state index contributed by atoms with van der Waals surface area (Å²) in [6.07, 6.45) is 0. The average molecular weight is 261 g/mol. The van der Waals surface area contributed by atoms with E-state index in [4.69, 9.17) is 19.5 Å². The number of benzene rings is 1. The summed E-state index contributed by atoms with van der Waals surface area (Å²) in [5.41, 5.74) is 0.302. The van der Waals surface area contributed by atoms with Crippen LogP contribution in [-0.4, -0.2) is 31.1 Å². The highest BCUT2D eigenvalue weighted by Gasteiger charge is 2.17. The van der Waals surface area contributed by atoms with Crippen LogP contribution in [0.15, 0.2) is 22.7 Å². The standard InChI is InChI=1S/C8H10BBrO4/c1-13-5-14-8-3-2-6(10)4-7(8)9(11)12/h2-4,11-12H,5H2,1H3. The normalized spacial score (nSPS) is 10.0. The smallest absolute Gasteiger partial charge is 0.468 e. The summed E-state index contributed by atoms with van der Waals surface area (Å²) in [7, 11) is -0.0622. The number of methoxy groups -OCH3 is 1. The lowest BCUT2D eigenvalue weighted by Crippen LogP contribution is -2.31. The molecule has 6 heteroatoms. The first-order chi connectivity index (χ1) is 6.65. The maximum atomic E-state index is 9.04. The van der Waals surface area contributed by atoms with Crippen molar-refractivity contribution in [3.63, 3.8) is 0 Å². The Morgan fingerprint density at radius 3 is 2.71 bits per heavy atom. The van der Waals surface area contributed by atoms with Gasteiger partial charge in [0.25, 0.3) is 0 Å². The van der Waals surface area contributed by atoms with Crippen molar-refractivity contribution in [2.24, 2.45) is 0 Å². The topological polar surface area (TPSA) is 58.9 Å². The summed E-state index contributed by atoms with van der Waals surface area (Å²) in [4.78, 5) is 0. The van der Waals surface area contributed by atoms with Gasteiger partial charge in [-0.3, -0.25) is 0 Å². The molecule has 14 heavy (non-hydrogen) atoms. The maximum Gasteiger partial charge on any atom is 0.492 e. The summed E-state index contributed by atoms with van der Waals surface area (Å²) in [5, 5.41) is 18.1. The Morgan fingerprint density at radius 1 is 1.43 bits per heavy atom. The molecule has 0 radical (unpaired) electrons.